The van der Waals surface area contributed by atoms with E-state index >= 15 is 0 Å². The number of nitrogens with one attached hydrogen (secondary N) is 1. The van der Waals surface area contributed by atoms with Gasteiger partial charge in [-0.1, -0.05) is 44.0 Å². The molecule has 0 spiro atoms. The molecule has 2 rings (SSSR count). The van der Waals surface area contributed by atoms with E-state index in [4.69, 9.17) is 4.74 Å². The van der Waals surface area contributed by atoms with Crippen LogP contribution in [0.4, 0.5) is 5.69 Å². The number of methoxy groups -OCH3 is 1. The molecule has 0 heterocycles. The van der Waals surface area contributed by atoms with Crippen molar-refractivity contribution < 1.29 is 9.53 Å². The van der Waals surface area contributed by atoms with Gasteiger partial charge in [-0.25, -0.2) is 0 Å². The molecule has 20 heavy (non-hydrogen) atoms. The minimum Gasteiger partial charge on any atom is -0.497 e. The van der Waals surface area contributed by atoms with E-state index in [0.717, 1.165) is 15.4 Å². The Balaban J connectivity index is 2.16. The van der Waals surface area contributed by atoms with Crippen molar-refractivity contribution in [3.63, 3.8) is 0 Å². The van der Waals surface area contributed by atoms with E-state index in [1.807, 2.05) is 24.3 Å². The van der Waals surface area contributed by atoms with E-state index in [0.29, 0.717) is 17.0 Å². The maximum absolute atomic E-state index is 12.1. The lowest BCUT2D eigenvalue weighted by Crippen LogP contribution is -2.11. The lowest BCUT2D eigenvalue weighted by atomic mass is 10.1. The highest BCUT2D eigenvalue weighted by Gasteiger charge is 2.07. The molecule has 0 fully saturated rings. The summed E-state index contributed by atoms with van der Waals surface area (Å²) in [6, 6.07) is 12.9. The summed E-state index contributed by atoms with van der Waals surface area (Å²) in [4.78, 5) is 12.1. The van der Waals surface area contributed by atoms with Gasteiger partial charge in [-0.15, -0.1) is 0 Å². The molecule has 5 heteroatoms. The Bertz CT molecular complexity index is 612. The summed E-state index contributed by atoms with van der Waals surface area (Å²) in [5.41, 5.74) is 2.44. The van der Waals surface area contributed by atoms with Gasteiger partial charge >= 0.3 is 0 Å². The van der Waals surface area contributed by atoms with Crippen LogP contribution in [0.3, 0.4) is 0 Å². The first kappa shape index (κ1) is 15.1. The van der Waals surface area contributed by atoms with E-state index in [2.05, 4.69) is 37.2 Å². The van der Waals surface area contributed by atoms with Gasteiger partial charge in [0.2, 0.25) is 0 Å². The Labute approximate surface area is 134 Å². The molecular formula is C15H13Br2NO2. The molecule has 2 aromatic rings. The van der Waals surface area contributed by atoms with Gasteiger partial charge in [0, 0.05) is 27.1 Å². The monoisotopic (exact) mass is 397 g/mol. The number of halogens is 2. The minimum absolute atomic E-state index is 0.147. The van der Waals surface area contributed by atoms with E-state index in [1.54, 1.807) is 25.3 Å². The third kappa shape index (κ3) is 3.84. The second-order valence-electron chi connectivity index (χ2n) is 4.16. The molecule has 0 saturated carbocycles. The summed E-state index contributed by atoms with van der Waals surface area (Å²) < 4.78 is 6.02. The number of amides is 1. The number of carbonyl (C=O) groups excluding carboxylic acids is 1. The highest BCUT2D eigenvalue weighted by Crippen LogP contribution is 2.24. The Morgan fingerprint density at radius 3 is 2.50 bits per heavy atom. The molecule has 0 saturated heterocycles. The highest BCUT2D eigenvalue weighted by molar-refractivity contribution is 9.10. The SMILES string of the molecule is COc1cc(Br)cc(NC(=O)c2ccc(CBr)cc2)c1. The fourth-order valence-electron chi connectivity index (χ4n) is 1.70. The Hall–Kier alpha value is -1.33. The number of benzene rings is 2. The molecule has 0 aromatic heterocycles. The molecule has 1 N–H and O–H groups in total. The van der Waals surface area contributed by atoms with Crippen molar-refractivity contribution in [1.29, 1.82) is 0 Å². The summed E-state index contributed by atoms with van der Waals surface area (Å²) in [6.07, 6.45) is 0. The standard InChI is InChI=1S/C15H13Br2NO2/c1-20-14-7-12(17)6-13(8-14)18-15(19)11-4-2-10(9-16)3-5-11/h2-8H,9H2,1H3,(H,18,19). The Kier molecular flexibility index (Phi) is 5.20. The zero-order valence-corrected chi connectivity index (χ0v) is 14.0. The van der Waals surface area contributed by atoms with Crippen LogP contribution in [-0.2, 0) is 5.33 Å². The summed E-state index contributed by atoms with van der Waals surface area (Å²) in [6.45, 7) is 0. The van der Waals surface area contributed by atoms with E-state index in [9.17, 15) is 4.79 Å². The zero-order valence-electron chi connectivity index (χ0n) is 10.8. The smallest absolute Gasteiger partial charge is 0.255 e. The molecule has 0 unspecified atom stereocenters. The average Bonchev–Trinajstić information content (AvgIpc) is 2.46. The first-order valence-corrected chi connectivity index (χ1v) is 7.84. The third-order valence-corrected chi connectivity index (χ3v) is 3.84. The van der Waals surface area contributed by atoms with E-state index in [1.165, 1.54) is 0 Å². The van der Waals surface area contributed by atoms with Crippen molar-refractivity contribution in [3.8, 4) is 5.75 Å². The zero-order chi connectivity index (χ0) is 14.5. The fourth-order valence-corrected chi connectivity index (χ4v) is 2.55. The Morgan fingerprint density at radius 2 is 1.90 bits per heavy atom. The Morgan fingerprint density at radius 1 is 1.20 bits per heavy atom. The van der Waals surface area contributed by atoms with Crippen LogP contribution in [-0.4, -0.2) is 13.0 Å². The molecule has 3 nitrogen and oxygen atoms in total. The van der Waals surface area contributed by atoms with Gasteiger partial charge in [0.05, 0.1) is 7.11 Å². The van der Waals surface area contributed by atoms with Gasteiger partial charge in [-0.05, 0) is 29.8 Å². The summed E-state index contributed by atoms with van der Waals surface area (Å²) in [5.74, 6) is 0.538. The van der Waals surface area contributed by atoms with Crippen molar-refractivity contribution in [2.45, 2.75) is 5.33 Å². The number of ether oxygens (including phenoxy) is 1. The van der Waals surface area contributed by atoms with Gasteiger partial charge in [0.25, 0.3) is 5.91 Å². The van der Waals surface area contributed by atoms with Crippen molar-refractivity contribution in [2.75, 3.05) is 12.4 Å². The average molecular weight is 399 g/mol. The fraction of sp³-hybridized carbons (Fsp3) is 0.133. The molecule has 0 aliphatic rings. The molecule has 104 valence electrons. The van der Waals surface area contributed by atoms with Crippen LogP contribution in [0.25, 0.3) is 0 Å². The van der Waals surface area contributed by atoms with Crippen LogP contribution < -0.4 is 10.1 Å². The topological polar surface area (TPSA) is 38.3 Å². The predicted octanol–water partition coefficient (Wildman–Crippen LogP) is 4.60. The summed E-state index contributed by atoms with van der Waals surface area (Å²) in [5, 5.41) is 3.63. The van der Waals surface area contributed by atoms with Crippen molar-refractivity contribution in [2.24, 2.45) is 0 Å². The van der Waals surface area contributed by atoms with Crippen molar-refractivity contribution in [3.05, 3.63) is 58.1 Å². The van der Waals surface area contributed by atoms with E-state index in [-0.39, 0.29) is 5.91 Å². The second kappa shape index (κ2) is 6.90. The van der Waals surface area contributed by atoms with Gasteiger partial charge < -0.3 is 10.1 Å². The number of carbonyl (C=O) groups is 1. The van der Waals surface area contributed by atoms with Crippen LogP contribution >= 0.6 is 31.9 Å². The molecular weight excluding hydrogens is 386 g/mol. The lowest BCUT2D eigenvalue weighted by molar-refractivity contribution is 0.102. The van der Waals surface area contributed by atoms with Crippen molar-refractivity contribution in [1.82, 2.24) is 0 Å². The third-order valence-electron chi connectivity index (χ3n) is 2.74. The van der Waals surface area contributed by atoms with Crippen LogP contribution in [0.5, 0.6) is 5.75 Å². The minimum atomic E-state index is -0.147. The molecule has 1 amide bonds. The highest BCUT2D eigenvalue weighted by atomic mass is 79.9. The first-order chi connectivity index (χ1) is 9.62. The van der Waals surface area contributed by atoms with Crippen LogP contribution in [0, 0.1) is 0 Å². The first-order valence-electron chi connectivity index (χ1n) is 5.93. The van der Waals surface area contributed by atoms with Gasteiger partial charge in [0.15, 0.2) is 0 Å². The van der Waals surface area contributed by atoms with Crippen LogP contribution in [0.15, 0.2) is 46.9 Å². The largest absolute Gasteiger partial charge is 0.497 e. The molecule has 2 aromatic carbocycles. The molecule has 0 atom stereocenters. The maximum atomic E-state index is 12.1. The van der Waals surface area contributed by atoms with Crippen molar-refractivity contribution >= 4 is 43.5 Å². The predicted molar refractivity (Wildman–Crippen MR) is 87.7 cm³/mol. The van der Waals surface area contributed by atoms with Crippen LogP contribution in [0.2, 0.25) is 0 Å². The number of hydrogen-bond acceptors (Lipinski definition) is 2. The van der Waals surface area contributed by atoms with Gasteiger partial charge in [-0.2, -0.15) is 0 Å². The normalized spacial score (nSPS) is 10.2. The van der Waals surface area contributed by atoms with Gasteiger partial charge in [-0.3, -0.25) is 4.79 Å². The molecule has 0 aliphatic carbocycles. The van der Waals surface area contributed by atoms with Crippen LogP contribution in [0.1, 0.15) is 15.9 Å². The maximum Gasteiger partial charge on any atom is 0.255 e. The molecule has 0 radical (unpaired) electrons. The lowest BCUT2D eigenvalue weighted by Gasteiger charge is -2.08. The number of rotatable bonds is 4. The second-order valence-corrected chi connectivity index (χ2v) is 5.64. The molecule has 0 bridgehead atoms. The summed E-state index contributed by atoms with van der Waals surface area (Å²) >= 11 is 6.76. The quantitative estimate of drug-likeness (QED) is 0.764. The number of anilines is 1. The van der Waals surface area contributed by atoms with Gasteiger partial charge in [0.1, 0.15) is 5.75 Å². The number of alkyl halides is 1. The molecule has 0 aliphatic heterocycles. The number of hydrogen-bond donors (Lipinski definition) is 1. The summed E-state index contributed by atoms with van der Waals surface area (Å²) in [7, 11) is 1.59. The van der Waals surface area contributed by atoms with E-state index < -0.39 is 0 Å².